The molecule has 2 rings (SSSR count). The monoisotopic (exact) mass is 247 g/mol. The zero-order valence-electron chi connectivity index (χ0n) is 10.3. The van der Waals surface area contributed by atoms with Gasteiger partial charge in [-0.25, -0.2) is 9.51 Å². The maximum Gasteiger partial charge on any atom is 0.189 e. The molecule has 18 heavy (non-hydrogen) atoms. The summed E-state index contributed by atoms with van der Waals surface area (Å²) in [6, 6.07) is 5.92. The van der Waals surface area contributed by atoms with Crippen LogP contribution in [0.5, 0.6) is 0 Å². The number of aliphatic imine (C=N–C) groups is 1. The normalized spacial score (nSPS) is 11.9. The Morgan fingerprint density at radius 2 is 2.44 bits per heavy atom. The highest BCUT2D eigenvalue weighted by Crippen LogP contribution is 2.10. The summed E-state index contributed by atoms with van der Waals surface area (Å²) in [4.78, 5) is 4.26. The average Bonchev–Trinajstić information content (AvgIpc) is 2.80. The number of nitrogens with zero attached hydrogens (tertiary/aromatic N) is 3. The standard InChI is InChI=1S/C12H17N5O/c1-18-7-5-14-12(13)15-8-10-9-16-17-6-3-2-4-11(10)17/h2-4,6,9H,5,7-8H2,1H3,(H3,13,14,15). The molecule has 0 radical (unpaired) electrons. The van der Waals surface area contributed by atoms with Crippen molar-refractivity contribution in [3.05, 3.63) is 36.2 Å². The minimum Gasteiger partial charge on any atom is -0.383 e. The molecule has 2 aromatic heterocycles. The van der Waals surface area contributed by atoms with Gasteiger partial charge in [0.05, 0.1) is 24.9 Å². The molecule has 0 amide bonds. The van der Waals surface area contributed by atoms with Crippen LogP contribution in [0.2, 0.25) is 0 Å². The van der Waals surface area contributed by atoms with Gasteiger partial charge < -0.3 is 15.8 Å². The fraction of sp³-hybridized carbons (Fsp3) is 0.333. The molecular weight excluding hydrogens is 230 g/mol. The smallest absolute Gasteiger partial charge is 0.189 e. The number of fused-ring (bicyclic) bond motifs is 1. The lowest BCUT2D eigenvalue weighted by molar-refractivity contribution is 0.204. The van der Waals surface area contributed by atoms with Crippen LogP contribution >= 0.6 is 0 Å². The number of guanidine groups is 1. The van der Waals surface area contributed by atoms with Crippen molar-refractivity contribution in [3.63, 3.8) is 0 Å². The first-order valence-corrected chi connectivity index (χ1v) is 5.75. The molecule has 0 saturated carbocycles. The van der Waals surface area contributed by atoms with Gasteiger partial charge in [0.25, 0.3) is 0 Å². The van der Waals surface area contributed by atoms with Crippen molar-refractivity contribution in [2.24, 2.45) is 10.7 Å². The molecule has 0 fully saturated rings. The van der Waals surface area contributed by atoms with Crippen molar-refractivity contribution in [1.29, 1.82) is 0 Å². The maximum absolute atomic E-state index is 5.73. The molecule has 0 unspecified atom stereocenters. The van der Waals surface area contributed by atoms with Gasteiger partial charge >= 0.3 is 0 Å². The van der Waals surface area contributed by atoms with Crippen LogP contribution in [0.4, 0.5) is 0 Å². The second kappa shape index (κ2) is 6.02. The second-order valence-electron chi connectivity index (χ2n) is 3.82. The first kappa shape index (κ1) is 12.4. The first-order chi connectivity index (χ1) is 8.81. The third-order valence-corrected chi connectivity index (χ3v) is 2.54. The summed E-state index contributed by atoms with van der Waals surface area (Å²) in [5.41, 5.74) is 7.83. The fourth-order valence-electron chi connectivity index (χ4n) is 1.62. The van der Waals surface area contributed by atoms with Crippen LogP contribution < -0.4 is 11.1 Å². The number of methoxy groups -OCH3 is 1. The zero-order valence-corrected chi connectivity index (χ0v) is 10.3. The summed E-state index contributed by atoms with van der Waals surface area (Å²) in [6.45, 7) is 1.77. The van der Waals surface area contributed by atoms with E-state index < -0.39 is 0 Å². The predicted octanol–water partition coefficient (Wildman–Crippen LogP) is 0.385. The Hall–Kier alpha value is -2.08. The van der Waals surface area contributed by atoms with E-state index in [0.717, 1.165) is 11.1 Å². The molecule has 0 spiro atoms. The lowest BCUT2D eigenvalue weighted by atomic mass is 10.2. The molecule has 6 nitrogen and oxygen atoms in total. The molecule has 2 aromatic rings. The molecule has 0 aromatic carbocycles. The van der Waals surface area contributed by atoms with Gasteiger partial charge in [-0.05, 0) is 12.1 Å². The third-order valence-electron chi connectivity index (χ3n) is 2.54. The molecule has 0 aliphatic carbocycles. The van der Waals surface area contributed by atoms with Gasteiger partial charge in [-0.2, -0.15) is 5.10 Å². The highest BCUT2D eigenvalue weighted by Gasteiger charge is 2.01. The van der Waals surface area contributed by atoms with E-state index in [4.69, 9.17) is 10.5 Å². The summed E-state index contributed by atoms with van der Waals surface area (Å²) < 4.78 is 6.73. The minimum absolute atomic E-state index is 0.419. The highest BCUT2D eigenvalue weighted by atomic mass is 16.5. The summed E-state index contributed by atoms with van der Waals surface area (Å²) in [6.07, 6.45) is 3.71. The number of aromatic nitrogens is 2. The molecule has 6 heteroatoms. The number of hydrogen-bond donors (Lipinski definition) is 2. The number of hydrogen-bond acceptors (Lipinski definition) is 3. The molecule has 0 saturated heterocycles. The summed E-state index contributed by atoms with van der Waals surface area (Å²) in [7, 11) is 1.65. The lowest BCUT2D eigenvalue weighted by Crippen LogP contribution is -2.34. The quantitative estimate of drug-likeness (QED) is 0.455. The van der Waals surface area contributed by atoms with E-state index in [1.807, 2.05) is 28.9 Å². The van der Waals surface area contributed by atoms with Crippen molar-refractivity contribution >= 4 is 11.5 Å². The SMILES string of the molecule is COCCNC(N)=NCc1cnn2ccccc12. The van der Waals surface area contributed by atoms with Crippen molar-refractivity contribution in [2.75, 3.05) is 20.3 Å². The van der Waals surface area contributed by atoms with Gasteiger partial charge in [0.15, 0.2) is 5.96 Å². The number of rotatable bonds is 5. The van der Waals surface area contributed by atoms with Gasteiger partial charge in [0.2, 0.25) is 0 Å². The maximum atomic E-state index is 5.73. The lowest BCUT2D eigenvalue weighted by Gasteiger charge is -2.03. The molecule has 0 aliphatic heterocycles. The van der Waals surface area contributed by atoms with Crippen LogP contribution in [0.3, 0.4) is 0 Å². The molecule has 0 atom stereocenters. The van der Waals surface area contributed by atoms with Gasteiger partial charge in [0, 0.05) is 25.4 Å². The van der Waals surface area contributed by atoms with Crippen molar-refractivity contribution in [3.8, 4) is 0 Å². The van der Waals surface area contributed by atoms with Crippen LogP contribution in [0.1, 0.15) is 5.56 Å². The number of ether oxygens (including phenoxy) is 1. The largest absolute Gasteiger partial charge is 0.383 e. The Balaban J connectivity index is 1.99. The number of pyridine rings is 1. The van der Waals surface area contributed by atoms with E-state index in [0.29, 0.717) is 25.7 Å². The zero-order chi connectivity index (χ0) is 12.8. The number of nitrogens with one attached hydrogen (secondary N) is 1. The van der Waals surface area contributed by atoms with Gasteiger partial charge in [-0.1, -0.05) is 6.07 Å². The van der Waals surface area contributed by atoms with Crippen LogP contribution in [0.25, 0.3) is 5.52 Å². The Labute approximate surface area is 105 Å². The number of nitrogens with two attached hydrogens (primary N) is 1. The molecule has 96 valence electrons. The van der Waals surface area contributed by atoms with E-state index in [2.05, 4.69) is 15.4 Å². The Kier molecular flexibility index (Phi) is 4.14. The van der Waals surface area contributed by atoms with E-state index in [9.17, 15) is 0 Å². The summed E-state index contributed by atoms with van der Waals surface area (Å²) >= 11 is 0. The van der Waals surface area contributed by atoms with Gasteiger partial charge in [-0.3, -0.25) is 0 Å². The van der Waals surface area contributed by atoms with Crippen LogP contribution in [0, 0.1) is 0 Å². The minimum atomic E-state index is 0.419. The Bertz CT molecular complexity index is 534. The topological polar surface area (TPSA) is 76.9 Å². The molecule has 2 heterocycles. The van der Waals surface area contributed by atoms with Crippen LogP contribution in [-0.2, 0) is 11.3 Å². The molecular formula is C12H17N5O. The van der Waals surface area contributed by atoms with Crippen LogP contribution in [-0.4, -0.2) is 35.8 Å². The summed E-state index contributed by atoms with van der Waals surface area (Å²) in [5.74, 6) is 0.419. The van der Waals surface area contributed by atoms with E-state index >= 15 is 0 Å². The van der Waals surface area contributed by atoms with Crippen LogP contribution in [0.15, 0.2) is 35.6 Å². The Morgan fingerprint density at radius 3 is 3.28 bits per heavy atom. The average molecular weight is 247 g/mol. The third kappa shape index (κ3) is 2.98. The molecule has 0 aliphatic rings. The van der Waals surface area contributed by atoms with E-state index in [-0.39, 0.29) is 0 Å². The highest BCUT2D eigenvalue weighted by molar-refractivity contribution is 5.77. The second-order valence-corrected chi connectivity index (χ2v) is 3.82. The van der Waals surface area contributed by atoms with E-state index in [1.165, 1.54) is 0 Å². The van der Waals surface area contributed by atoms with Gasteiger partial charge in [0.1, 0.15) is 0 Å². The fourth-order valence-corrected chi connectivity index (χ4v) is 1.62. The molecule has 3 N–H and O–H groups in total. The van der Waals surface area contributed by atoms with Crippen molar-refractivity contribution in [1.82, 2.24) is 14.9 Å². The predicted molar refractivity (Wildman–Crippen MR) is 70.4 cm³/mol. The van der Waals surface area contributed by atoms with E-state index in [1.54, 1.807) is 13.3 Å². The first-order valence-electron chi connectivity index (χ1n) is 5.75. The summed E-state index contributed by atoms with van der Waals surface area (Å²) in [5, 5.41) is 7.21. The van der Waals surface area contributed by atoms with Crippen molar-refractivity contribution < 1.29 is 4.74 Å². The Morgan fingerprint density at radius 1 is 1.56 bits per heavy atom. The van der Waals surface area contributed by atoms with Gasteiger partial charge in [-0.15, -0.1) is 0 Å². The molecule has 0 bridgehead atoms. The van der Waals surface area contributed by atoms with Crippen molar-refractivity contribution in [2.45, 2.75) is 6.54 Å².